The fourth-order valence-electron chi connectivity index (χ4n) is 2.32. The third-order valence-electron chi connectivity index (χ3n) is 2.97. The molecule has 0 N–H and O–H groups in total. The summed E-state index contributed by atoms with van der Waals surface area (Å²) in [6.45, 7) is 4.16. The summed E-state index contributed by atoms with van der Waals surface area (Å²) >= 11 is 0. The average molecular weight is 202 g/mol. The molecule has 15 heavy (non-hydrogen) atoms. The molecule has 0 amide bonds. The summed E-state index contributed by atoms with van der Waals surface area (Å²) < 4.78 is 4.07. The maximum Gasteiger partial charge on any atom is 0.287 e. The molecule has 0 aliphatic carbocycles. The van der Waals surface area contributed by atoms with Crippen LogP contribution < -0.4 is 4.57 Å². The average Bonchev–Trinajstić information content (AvgIpc) is 2.68. The number of nitrogens with zero attached hydrogens (tertiary/aromatic N) is 5. The van der Waals surface area contributed by atoms with Gasteiger partial charge in [-0.25, -0.2) is 14.5 Å². The summed E-state index contributed by atoms with van der Waals surface area (Å²) in [5, 5.41) is 4.40. The second-order valence-electron chi connectivity index (χ2n) is 3.87. The van der Waals surface area contributed by atoms with Gasteiger partial charge in [-0.05, 0) is 6.92 Å². The van der Waals surface area contributed by atoms with Crippen LogP contribution in [0, 0.1) is 6.92 Å². The molecule has 2 aromatic heterocycles. The zero-order valence-electron chi connectivity index (χ0n) is 8.97. The molecule has 3 heterocycles. The normalized spacial score (nSPS) is 17.7. The van der Waals surface area contributed by atoms with Gasteiger partial charge in [-0.1, -0.05) is 0 Å². The van der Waals surface area contributed by atoms with E-state index in [0.717, 1.165) is 17.3 Å². The number of hydrogen-bond donors (Lipinski definition) is 0. The minimum atomic E-state index is 0.282. The molecule has 3 rings (SSSR count). The number of fused-ring (bicyclic) bond motifs is 3. The molecule has 5 heteroatoms. The smallest absolute Gasteiger partial charge is 0.244 e. The predicted molar refractivity (Wildman–Crippen MR) is 53.0 cm³/mol. The molecular weight excluding hydrogens is 190 g/mol. The Bertz CT molecular complexity index is 543. The van der Waals surface area contributed by atoms with Gasteiger partial charge < -0.3 is 0 Å². The molecule has 76 valence electrons. The van der Waals surface area contributed by atoms with Crippen LogP contribution in [0.4, 0.5) is 0 Å². The van der Waals surface area contributed by atoms with Crippen LogP contribution in [0.3, 0.4) is 0 Å². The summed E-state index contributed by atoms with van der Waals surface area (Å²) in [5.74, 6) is 2.08. The summed E-state index contributed by atoms with van der Waals surface area (Å²) in [5.41, 5.74) is 2.18. The maximum atomic E-state index is 4.40. The maximum absolute atomic E-state index is 4.40. The summed E-state index contributed by atoms with van der Waals surface area (Å²) in [4.78, 5) is 8.41. The van der Waals surface area contributed by atoms with Gasteiger partial charge in [-0.3, -0.25) is 0 Å². The van der Waals surface area contributed by atoms with Gasteiger partial charge in [0.25, 0.3) is 11.6 Å². The number of rotatable bonds is 0. The molecule has 0 fully saturated rings. The zero-order valence-corrected chi connectivity index (χ0v) is 8.97. The third kappa shape index (κ3) is 0.921. The van der Waals surface area contributed by atoms with Gasteiger partial charge in [0.2, 0.25) is 0 Å². The first kappa shape index (κ1) is 8.52. The zero-order chi connectivity index (χ0) is 10.6. The van der Waals surface area contributed by atoms with Crippen molar-refractivity contribution in [1.82, 2.24) is 19.7 Å². The Morgan fingerprint density at radius 2 is 2.27 bits per heavy atom. The Labute approximate surface area is 87.4 Å². The molecule has 5 nitrogen and oxygen atoms in total. The van der Waals surface area contributed by atoms with Gasteiger partial charge in [0.1, 0.15) is 18.1 Å². The molecule has 1 unspecified atom stereocenters. The first-order valence-corrected chi connectivity index (χ1v) is 4.95. The lowest BCUT2D eigenvalue weighted by Gasteiger charge is -2.01. The van der Waals surface area contributed by atoms with Gasteiger partial charge in [0.15, 0.2) is 0 Å². The van der Waals surface area contributed by atoms with E-state index in [-0.39, 0.29) is 6.04 Å². The Morgan fingerprint density at radius 1 is 1.47 bits per heavy atom. The number of aromatic nitrogens is 5. The van der Waals surface area contributed by atoms with E-state index in [2.05, 4.69) is 26.6 Å². The lowest BCUT2D eigenvalue weighted by Crippen LogP contribution is -2.37. The highest BCUT2D eigenvalue weighted by Gasteiger charge is 2.37. The van der Waals surface area contributed by atoms with E-state index in [4.69, 9.17) is 0 Å². The van der Waals surface area contributed by atoms with Crippen LogP contribution in [0.2, 0.25) is 0 Å². The molecule has 0 radical (unpaired) electrons. The third-order valence-corrected chi connectivity index (χ3v) is 2.97. The minimum Gasteiger partial charge on any atom is -0.244 e. The Balaban J connectivity index is 2.40. The highest BCUT2D eigenvalue weighted by molar-refractivity contribution is 5.54. The van der Waals surface area contributed by atoms with E-state index in [1.54, 1.807) is 6.33 Å². The van der Waals surface area contributed by atoms with Gasteiger partial charge in [-0.15, -0.1) is 4.68 Å². The van der Waals surface area contributed by atoms with Crippen LogP contribution >= 0.6 is 0 Å². The van der Waals surface area contributed by atoms with Crippen molar-refractivity contribution in [2.45, 2.75) is 19.9 Å². The largest absolute Gasteiger partial charge is 0.287 e. The SMILES string of the molecule is Cc1nn(C)c2[n+]1C(C)c1cncnc1-2. The molecule has 0 saturated heterocycles. The van der Waals surface area contributed by atoms with Gasteiger partial charge in [-0.2, -0.15) is 0 Å². The Morgan fingerprint density at radius 3 is 3.07 bits per heavy atom. The van der Waals surface area contributed by atoms with E-state index in [9.17, 15) is 0 Å². The van der Waals surface area contributed by atoms with Crippen LogP contribution in [0.15, 0.2) is 12.5 Å². The highest BCUT2D eigenvalue weighted by atomic mass is 15.4. The molecule has 0 bridgehead atoms. The molecule has 0 aromatic carbocycles. The van der Waals surface area contributed by atoms with Crippen LogP contribution in [-0.2, 0) is 7.05 Å². The summed E-state index contributed by atoms with van der Waals surface area (Å²) in [6.07, 6.45) is 3.48. The summed E-state index contributed by atoms with van der Waals surface area (Å²) in [7, 11) is 1.95. The van der Waals surface area contributed by atoms with Crippen LogP contribution in [0.25, 0.3) is 11.5 Å². The molecular formula is C10H12N5+. The molecule has 1 aliphatic rings. The fourth-order valence-corrected chi connectivity index (χ4v) is 2.32. The van der Waals surface area contributed by atoms with Crippen molar-refractivity contribution >= 4 is 0 Å². The van der Waals surface area contributed by atoms with Crippen LogP contribution in [0.1, 0.15) is 24.4 Å². The van der Waals surface area contributed by atoms with Crippen molar-refractivity contribution in [2.75, 3.05) is 0 Å². The molecule has 0 spiro atoms. The van der Waals surface area contributed by atoms with Crippen LogP contribution in [-0.4, -0.2) is 19.7 Å². The van der Waals surface area contributed by atoms with E-state index < -0.39 is 0 Å². The monoisotopic (exact) mass is 202 g/mol. The molecule has 0 saturated carbocycles. The van der Waals surface area contributed by atoms with Crippen molar-refractivity contribution in [3.05, 3.63) is 23.9 Å². The highest BCUT2D eigenvalue weighted by Crippen LogP contribution is 2.30. The van der Waals surface area contributed by atoms with Crippen molar-refractivity contribution < 1.29 is 4.57 Å². The van der Waals surface area contributed by atoms with E-state index >= 15 is 0 Å². The fraction of sp³-hybridized carbons (Fsp3) is 0.400. The first-order chi connectivity index (χ1) is 7.20. The number of aryl methyl sites for hydroxylation is 2. The van der Waals surface area contributed by atoms with E-state index in [1.807, 2.05) is 24.9 Å². The van der Waals surface area contributed by atoms with E-state index in [1.165, 1.54) is 5.56 Å². The Kier molecular flexibility index (Phi) is 1.49. The van der Waals surface area contributed by atoms with Crippen molar-refractivity contribution in [3.63, 3.8) is 0 Å². The van der Waals surface area contributed by atoms with Crippen molar-refractivity contribution in [1.29, 1.82) is 0 Å². The second-order valence-corrected chi connectivity index (χ2v) is 3.87. The van der Waals surface area contributed by atoms with Gasteiger partial charge >= 0.3 is 0 Å². The molecule has 1 aliphatic heterocycles. The van der Waals surface area contributed by atoms with Crippen molar-refractivity contribution in [2.24, 2.45) is 7.05 Å². The Hall–Kier alpha value is -1.78. The summed E-state index contributed by atoms with van der Waals surface area (Å²) in [6, 6.07) is 0.282. The van der Waals surface area contributed by atoms with Gasteiger partial charge in [0, 0.05) is 23.8 Å². The standard InChI is InChI=1S/C10H12N5/c1-6-8-4-11-5-12-9(8)10-14(3)13-7(2)15(6)10/h4-6H,1-3H3/q+1. The van der Waals surface area contributed by atoms with Crippen LogP contribution in [0.5, 0.6) is 0 Å². The van der Waals surface area contributed by atoms with Crippen molar-refractivity contribution in [3.8, 4) is 11.5 Å². The topological polar surface area (TPSA) is 47.5 Å². The number of hydrogen-bond acceptors (Lipinski definition) is 3. The lowest BCUT2D eigenvalue weighted by molar-refractivity contribution is -0.700. The minimum absolute atomic E-state index is 0.282. The lowest BCUT2D eigenvalue weighted by atomic mass is 10.1. The quantitative estimate of drug-likeness (QED) is 0.581. The molecule has 1 atom stereocenters. The first-order valence-electron chi connectivity index (χ1n) is 4.95. The molecule has 2 aromatic rings. The second kappa shape index (κ2) is 2.62. The van der Waals surface area contributed by atoms with E-state index in [0.29, 0.717) is 0 Å². The predicted octanol–water partition coefficient (Wildman–Crippen LogP) is 0.396. The van der Waals surface area contributed by atoms with Gasteiger partial charge in [0.05, 0.1) is 7.05 Å².